The number of nitrogens with one attached hydrogen (secondary N) is 2. The van der Waals surface area contributed by atoms with E-state index in [0.717, 1.165) is 5.56 Å². The van der Waals surface area contributed by atoms with Crippen LogP contribution in [0.25, 0.3) is 0 Å². The van der Waals surface area contributed by atoms with E-state index in [2.05, 4.69) is 10.6 Å². The zero-order chi connectivity index (χ0) is 13.7. The summed E-state index contributed by atoms with van der Waals surface area (Å²) in [5.74, 6) is 0. The molecule has 0 spiro atoms. The predicted octanol–water partition coefficient (Wildman–Crippen LogP) is 3.62. The summed E-state index contributed by atoms with van der Waals surface area (Å²) in [6.07, 6.45) is 0. The van der Waals surface area contributed by atoms with Crippen molar-refractivity contribution in [1.29, 1.82) is 0 Å². The van der Waals surface area contributed by atoms with Gasteiger partial charge in [-0.3, -0.25) is 0 Å². The van der Waals surface area contributed by atoms with Crippen LogP contribution in [0.3, 0.4) is 0 Å². The normalized spacial score (nSPS) is 12.1. The highest BCUT2D eigenvalue weighted by atomic mass is 35.5. The Hall–Kier alpha value is -0.550. The number of methoxy groups -OCH3 is 1. The van der Waals surface area contributed by atoms with Gasteiger partial charge in [0.1, 0.15) is 0 Å². The molecule has 2 N–H and O–H groups in total. The second kappa shape index (κ2) is 7.14. The lowest BCUT2D eigenvalue weighted by Gasteiger charge is -2.18. The highest BCUT2D eigenvalue weighted by Gasteiger charge is 2.11. The fraction of sp³-hybridized carbons (Fsp3) is 0.417. The van der Waals surface area contributed by atoms with Crippen molar-refractivity contribution in [3.63, 3.8) is 0 Å². The van der Waals surface area contributed by atoms with Crippen molar-refractivity contribution in [2.24, 2.45) is 0 Å². The Morgan fingerprint density at radius 3 is 2.72 bits per heavy atom. The smallest absolute Gasteiger partial charge is 0.171 e. The lowest BCUT2D eigenvalue weighted by Crippen LogP contribution is -2.38. The van der Waals surface area contributed by atoms with Crippen molar-refractivity contribution in [2.45, 2.75) is 19.9 Å². The van der Waals surface area contributed by atoms with Gasteiger partial charge in [0.2, 0.25) is 0 Å². The van der Waals surface area contributed by atoms with Gasteiger partial charge in [0, 0.05) is 13.2 Å². The minimum absolute atomic E-state index is 0.109. The summed E-state index contributed by atoms with van der Waals surface area (Å²) in [6, 6.07) is 3.75. The van der Waals surface area contributed by atoms with E-state index >= 15 is 0 Å². The Morgan fingerprint density at radius 1 is 1.44 bits per heavy atom. The van der Waals surface area contributed by atoms with E-state index in [0.29, 0.717) is 27.5 Å². The molecule has 3 nitrogen and oxygen atoms in total. The van der Waals surface area contributed by atoms with Gasteiger partial charge in [-0.1, -0.05) is 29.3 Å². The van der Waals surface area contributed by atoms with Crippen LogP contribution in [0, 0.1) is 6.92 Å². The standard InChI is InChI=1S/C12H16Cl2N2OS/c1-7-4-5-9(13)11(10(7)14)16-12(18)15-8(2)6-17-3/h4-5,8H,6H2,1-3H3,(H2,15,16,18). The van der Waals surface area contributed by atoms with E-state index in [1.165, 1.54) is 0 Å². The molecule has 1 atom stereocenters. The number of halogens is 2. The van der Waals surface area contributed by atoms with Gasteiger partial charge in [0.05, 0.1) is 22.3 Å². The second-order valence-corrected chi connectivity index (χ2v) is 5.20. The minimum Gasteiger partial charge on any atom is -0.383 e. The number of benzene rings is 1. The van der Waals surface area contributed by atoms with Crippen LogP contribution in [-0.4, -0.2) is 24.9 Å². The molecule has 1 rings (SSSR count). The Balaban J connectivity index is 2.73. The number of ether oxygens (including phenoxy) is 1. The Bertz CT molecular complexity index is 440. The lowest BCUT2D eigenvalue weighted by atomic mass is 10.2. The summed E-state index contributed by atoms with van der Waals surface area (Å²) >= 11 is 17.5. The topological polar surface area (TPSA) is 33.3 Å². The largest absolute Gasteiger partial charge is 0.383 e. The molecule has 0 aliphatic carbocycles. The molecular weight excluding hydrogens is 291 g/mol. The monoisotopic (exact) mass is 306 g/mol. The molecule has 18 heavy (non-hydrogen) atoms. The molecule has 0 aliphatic rings. The molecule has 0 heterocycles. The van der Waals surface area contributed by atoms with Crippen molar-refractivity contribution in [1.82, 2.24) is 5.32 Å². The van der Waals surface area contributed by atoms with Crippen LogP contribution in [0.1, 0.15) is 12.5 Å². The number of anilines is 1. The molecule has 0 bridgehead atoms. The predicted molar refractivity (Wildman–Crippen MR) is 81.9 cm³/mol. The molecule has 100 valence electrons. The number of hydrogen-bond acceptors (Lipinski definition) is 2. The van der Waals surface area contributed by atoms with E-state index in [4.69, 9.17) is 40.2 Å². The third kappa shape index (κ3) is 4.28. The molecule has 0 fully saturated rings. The number of thiocarbonyl (C=S) groups is 1. The van der Waals surface area contributed by atoms with E-state index in [1.807, 2.05) is 19.9 Å². The maximum atomic E-state index is 6.18. The maximum Gasteiger partial charge on any atom is 0.171 e. The highest BCUT2D eigenvalue weighted by Crippen LogP contribution is 2.32. The van der Waals surface area contributed by atoms with E-state index in [1.54, 1.807) is 13.2 Å². The van der Waals surface area contributed by atoms with Crippen molar-refractivity contribution < 1.29 is 4.74 Å². The van der Waals surface area contributed by atoms with Gasteiger partial charge < -0.3 is 15.4 Å². The van der Waals surface area contributed by atoms with Gasteiger partial charge in [0.15, 0.2) is 5.11 Å². The molecule has 0 aliphatic heterocycles. The molecular formula is C12H16Cl2N2OS. The fourth-order valence-electron chi connectivity index (χ4n) is 1.44. The van der Waals surface area contributed by atoms with Gasteiger partial charge in [-0.2, -0.15) is 0 Å². The molecule has 0 radical (unpaired) electrons. The number of rotatable bonds is 4. The fourth-order valence-corrected chi connectivity index (χ4v) is 2.20. The first-order valence-electron chi connectivity index (χ1n) is 5.46. The molecule has 0 saturated heterocycles. The van der Waals surface area contributed by atoms with E-state index < -0.39 is 0 Å². The second-order valence-electron chi connectivity index (χ2n) is 4.01. The van der Waals surface area contributed by atoms with E-state index in [-0.39, 0.29) is 6.04 Å². The first-order valence-corrected chi connectivity index (χ1v) is 6.63. The van der Waals surface area contributed by atoms with Gasteiger partial charge in [0.25, 0.3) is 0 Å². The summed E-state index contributed by atoms with van der Waals surface area (Å²) in [6.45, 7) is 4.45. The van der Waals surface area contributed by atoms with Crippen LogP contribution in [-0.2, 0) is 4.74 Å². The molecule has 1 aromatic rings. The Kier molecular flexibility index (Phi) is 6.15. The summed E-state index contributed by atoms with van der Waals surface area (Å²) in [5, 5.41) is 7.67. The van der Waals surface area contributed by atoms with E-state index in [9.17, 15) is 0 Å². The molecule has 0 saturated carbocycles. The van der Waals surface area contributed by atoms with Crippen LogP contribution >= 0.6 is 35.4 Å². The van der Waals surface area contributed by atoms with Gasteiger partial charge in [-0.25, -0.2) is 0 Å². The third-order valence-corrected chi connectivity index (χ3v) is 3.34. The quantitative estimate of drug-likeness (QED) is 0.832. The molecule has 0 amide bonds. The van der Waals surface area contributed by atoms with Crippen molar-refractivity contribution in [3.05, 3.63) is 27.7 Å². The summed E-state index contributed by atoms with van der Waals surface area (Å²) in [7, 11) is 1.64. The van der Waals surface area contributed by atoms with Crippen molar-refractivity contribution >= 4 is 46.2 Å². The molecule has 6 heteroatoms. The van der Waals surface area contributed by atoms with Crippen molar-refractivity contribution in [3.8, 4) is 0 Å². The lowest BCUT2D eigenvalue weighted by molar-refractivity contribution is 0.179. The molecule has 0 aromatic heterocycles. The Labute approximate surface area is 123 Å². The van der Waals surface area contributed by atoms with Crippen LogP contribution in [0.5, 0.6) is 0 Å². The maximum absolute atomic E-state index is 6.18. The van der Waals surface area contributed by atoms with Gasteiger partial charge in [-0.05, 0) is 37.7 Å². The molecule has 1 unspecified atom stereocenters. The first-order chi connectivity index (χ1) is 8.45. The Morgan fingerprint density at radius 2 is 2.11 bits per heavy atom. The average molecular weight is 307 g/mol. The number of aryl methyl sites for hydroxylation is 1. The zero-order valence-electron chi connectivity index (χ0n) is 10.5. The third-order valence-electron chi connectivity index (χ3n) is 2.32. The number of hydrogen-bond donors (Lipinski definition) is 2. The molecule has 1 aromatic carbocycles. The SMILES string of the molecule is COCC(C)NC(=S)Nc1c(Cl)ccc(C)c1Cl. The van der Waals surface area contributed by atoms with Crippen LogP contribution in [0.15, 0.2) is 12.1 Å². The van der Waals surface area contributed by atoms with Crippen LogP contribution in [0.2, 0.25) is 10.0 Å². The zero-order valence-corrected chi connectivity index (χ0v) is 12.8. The van der Waals surface area contributed by atoms with Crippen molar-refractivity contribution in [2.75, 3.05) is 19.0 Å². The van der Waals surface area contributed by atoms with Gasteiger partial charge >= 0.3 is 0 Å². The summed E-state index contributed by atoms with van der Waals surface area (Å²) in [5.41, 5.74) is 1.57. The average Bonchev–Trinajstić information content (AvgIpc) is 2.30. The highest BCUT2D eigenvalue weighted by molar-refractivity contribution is 7.80. The van der Waals surface area contributed by atoms with Crippen LogP contribution < -0.4 is 10.6 Å². The minimum atomic E-state index is 0.109. The van der Waals surface area contributed by atoms with Crippen LogP contribution in [0.4, 0.5) is 5.69 Å². The summed E-state index contributed by atoms with van der Waals surface area (Å²) in [4.78, 5) is 0. The summed E-state index contributed by atoms with van der Waals surface area (Å²) < 4.78 is 5.02. The van der Waals surface area contributed by atoms with Gasteiger partial charge in [-0.15, -0.1) is 0 Å². The first kappa shape index (κ1) is 15.5.